The molecule has 2 aliphatic heterocycles. The van der Waals surface area contributed by atoms with E-state index < -0.39 is 0 Å². The molecule has 1 amide bonds. The number of para-hydroxylation sites is 2. The Balaban J connectivity index is 1.95. The molecule has 6 heteroatoms. The number of ether oxygens (including phenoxy) is 1. The molecule has 0 aliphatic carbocycles. The molecule has 1 fully saturated rings. The van der Waals surface area contributed by atoms with Crippen LogP contribution in [0.15, 0.2) is 46.7 Å². The fourth-order valence-corrected chi connectivity index (χ4v) is 4.03. The standard InChI is InChI=1S/C17H18N2O2S2/c1-4-18-12-8-6-7-9-13(12)21-14(18)10-11(3)15-16(20)19(5-2)17(22)23-15/h6-10H,4-5H2,1-3H3/b14-10+,15-11+. The van der Waals surface area contributed by atoms with Gasteiger partial charge in [0.05, 0.1) is 10.6 Å². The van der Waals surface area contributed by atoms with E-state index in [1.807, 2.05) is 44.2 Å². The number of amides is 1. The van der Waals surface area contributed by atoms with Crippen molar-refractivity contribution in [2.45, 2.75) is 20.8 Å². The minimum atomic E-state index is -0.0181. The van der Waals surface area contributed by atoms with Crippen LogP contribution in [-0.4, -0.2) is 28.2 Å². The Hall–Kier alpha value is -1.79. The molecule has 2 heterocycles. The number of carbonyl (C=O) groups excluding carboxylic acids is 1. The maximum Gasteiger partial charge on any atom is 0.266 e. The zero-order valence-corrected chi connectivity index (χ0v) is 15.0. The van der Waals surface area contributed by atoms with E-state index in [-0.39, 0.29) is 5.91 Å². The highest BCUT2D eigenvalue weighted by atomic mass is 32.2. The first-order valence-corrected chi connectivity index (χ1v) is 8.80. The second-order valence-electron chi connectivity index (χ2n) is 5.23. The normalized spacial score (nSPS) is 21.1. The summed E-state index contributed by atoms with van der Waals surface area (Å²) in [7, 11) is 0. The molecule has 0 saturated carbocycles. The Morgan fingerprint density at radius 2 is 1.96 bits per heavy atom. The molecule has 0 radical (unpaired) electrons. The van der Waals surface area contributed by atoms with Crippen LogP contribution < -0.4 is 9.64 Å². The van der Waals surface area contributed by atoms with Gasteiger partial charge in [0.1, 0.15) is 4.32 Å². The summed E-state index contributed by atoms with van der Waals surface area (Å²) in [5.41, 5.74) is 1.93. The molecule has 0 bridgehead atoms. The van der Waals surface area contributed by atoms with Gasteiger partial charge in [-0.05, 0) is 38.5 Å². The summed E-state index contributed by atoms with van der Waals surface area (Å²) >= 11 is 6.63. The molecule has 2 aliphatic rings. The molecule has 23 heavy (non-hydrogen) atoms. The van der Waals surface area contributed by atoms with Crippen molar-refractivity contribution in [1.82, 2.24) is 4.90 Å². The van der Waals surface area contributed by atoms with Crippen molar-refractivity contribution < 1.29 is 9.53 Å². The number of nitrogens with zero attached hydrogens (tertiary/aromatic N) is 2. The Morgan fingerprint density at radius 1 is 1.26 bits per heavy atom. The van der Waals surface area contributed by atoms with E-state index in [1.54, 1.807) is 4.90 Å². The summed E-state index contributed by atoms with van der Waals surface area (Å²) in [6.45, 7) is 7.32. The number of thioether (sulfide) groups is 1. The minimum absolute atomic E-state index is 0.0181. The maximum absolute atomic E-state index is 12.4. The number of anilines is 1. The Morgan fingerprint density at radius 3 is 2.61 bits per heavy atom. The molecule has 0 unspecified atom stereocenters. The van der Waals surface area contributed by atoms with Gasteiger partial charge in [0.15, 0.2) is 5.75 Å². The van der Waals surface area contributed by atoms with Crippen LogP contribution in [0, 0.1) is 0 Å². The number of thiocarbonyl (C=S) groups is 1. The van der Waals surface area contributed by atoms with Gasteiger partial charge in [-0.25, -0.2) is 0 Å². The van der Waals surface area contributed by atoms with Crippen LogP contribution in [0.2, 0.25) is 0 Å². The fraction of sp³-hybridized carbons (Fsp3) is 0.294. The first-order valence-electron chi connectivity index (χ1n) is 7.57. The smallest absolute Gasteiger partial charge is 0.266 e. The van der Waals surface area contributed by atoms with Gasteiger partial charge in [-0.15, -0.1) is 0 Å². The van der Waals surface area contributed by atoms with Crippen LogP contribution in [0.25, 0.3) is 0 Å². The first-order chi connectivity index (χ1) is 11.1. The summed E-state index contributed by atoms with van der Waals surface area (Å²) in [4.78, 5) is 16.8. The third-order valence-corrected chi connectivity index (χ3v) is 5.38. The second kappa shape index (κ2) is 6.37. The predicted octanol–water partition coefficient (Wildman–Crippen LogP) is 3.90. The van der Waals surface area contributed by atoms with Crippen LogP contribution >= 0.6 is 24.0 Å². The van der Waals surface area contributed by atoms with Gasteiger partial charge in [-0.2, -0.15) is 0 Å². The van der Waals surface area contributed by atoms with Crippen molar-refractivity contribution in [2.75, 3.05) is 18.0 Å². The zero-order valence-electron chi connectivity index (χ0n) is 13.3. The van der Waals surface area contributed by atoms with Gasteiger partial charge in [-0.1, -0.05) is 36.1 Å². The molecule has 0 N–H and O–H groups in total. The topological polar surface area (TPSA) is 32.8 Å². The lowest BCUT2D eigenvalue weighted by molar-refractivity contribution is -0.122. The van der Waals surface area contributed by atoms with Crippen LogP contribution in [0.5, 0.6) is 5.75 Å². The van der Waals surface area contributed by atoms with Crippen molar-refractivity contribution >= 4 is 39.9 Å². The van der Waals surface area contributed by atoms with Gasteiger partial charge < -0.3 is 9.64 Å². The van der Waals surface area contributed by atoms with E-state index in [0.717, 1.165) is 29.4 Å². The lowest BCUT2D eigenvalue weighted by Gasteiger charge is -2.15. The number of likely N-dealkylation sites (N-methyl/N-ethyl adjacent to an activating group) is 1. The van der Waals surface area contributed by atoms with Crippen molar-refractivity contribution in [3.05, 3.63) is 46.7 Å². The number of carbonyl (C=O) groups is 1. The molecule has 4 nitrogen and oxygen atoms in total. The summed E-state index contributed by atoms with van der Waals surface area (Å²) in [6, 6.07) is 7.93. The van der Waals surface area contributed by atoms with Crippen LogP contribution in [-0.2, 0) is 4.79 Å². The predicted molar refractivity (Wildman–Crippen MR) is 98.4 cm³/mol. The minimum Gasteiger partial charge on any atom is -0.439 e. The average Bonchev–Trinajstić information content (AvgIpc) is 3.03. The van der Waals surface area contributed by atoms with Crippen molar-refractivity contribution in [2.24, 2.45) is 0 Å². The molecule has 1 saturated heterocycles. The fourth-order valence-electron chi connectivity index (χ4n) is 2.65. The first kappa shape index (κ1) is 16.1. The highest BCUT2D eigenvalue weighted by molar-refractivity contribution is 8.26. The Bertz CT molecular complexity index is 740. The largest absolute Gasteiger partial charge is 0.439 e. The summed E-state index contributed by atoms with van der Waals surface area (Å²) < 4.78 is 6.56. The maximum atomic E-state index is 12.4. The van der Waals surface area contributed by atoms with E-state index >= 15 is 0 Å². The summed E-state index contributed by atoms with van der Waals surface area (Å²) in [6.07, 6.45) is 1.92. The van der Waals surface area contributed by atoms with E-state index in [4.69, 9.17) is 17.0 Å². The second-order valence-corrected chi connectivity index (χ2v) is 6.87. The number of rotatable bonds is 3. The Kier molecular flexibility index (Phi) is 4.46. The summed E-state index contributed by atoms with van der Waals surface area (Å²) in [5.74, 6) is 1.57. The number of hydrogen-bond donors (Lipinski definition) is 0. The van der Waals surface area contributed by atoms with Crippen molar-refractivity contribution in [3.63, 3.8) is 0 Å². The van der Waals surface area contributed by atoms with Crippen molar-refractivity contribution in [1.29, 1.82) is 0 Å². The molecule has 3 rings (SSSR count). The third-order valence-electron chi connectivity index (χ3n) is 3.82. The SMILES string of the molecule is CCN1C(=O)/C(=C(C)\C=C2\Oc3ccccc3N2CC)SC1=S. The number of hydrogen-bond acceptors (Lipinski definition) is 5. The molecular weight excluding hydrogens is 328 g/mol. The van der Waals surface area contributed by atoms with Crippen LogP contribution in [0.4, 0.5) is 5.69 Å². The van der Waals surface area contributed by atoms with Gasteiger partial charge in [-0.3, -0.25) is 9.69 Å². The molecule has 1 aromatic carbocycles. The number of allylic oxidation sites excluding steroid dienone is 2. The third kappa shape index (κ3) is 2.77. The van der Waals surface area contributed by atoms with E-state index in [9.17, 15) is 4.79 Å². The molecule has 0 atom stereocenters. The van der Waals surface area contributed by atoms with E-state index in [0.29, 0.717) is 15.8 Å². The van der Waals surface area contributed by atoms with Crippen molar-refractivity contribution in [3.8, 4) is 5.75 Å². The van der Waals surface area contributed by atoms with Gasteiger partial charge in [0, 0.05) is 19.2 Å². The van der Waals surface area contributed by atoms with Gasteiger partial charge in [0.2, 0.25) is 5.88 Å². The monoisotopic (exact) mass is 346 g/mol. The Labute approximate surface area is 145 Å². The molecule has 0 spiro atoms. The number of benzene rings is 1. The van der Waals surface area contributed by atoms with Gasteiger partial charge in [0.25, 0.3) is 5.91 Å². The lowest BCUT2D eigenvalue weighted by Crippen LogP contribution is -2.27. The van der Waals surface area contributed by atoms with E-state index in [1.165, 1.54) is 11.8 Å². The highest BCUT2D eigenvalue weighted by Crippen LogP contribution is 2.40. The number of fused-ring (bicyclic) bond motifs is 1. The van der Waals surface area contributed by atoms with Crippen LogP contribution in [0.3, 0.4) is 0 Å². The van der Waals surface area contributed by atoms with E-state index in [2.05, 4.69) is 11.8 Å². The molecule has 1 aromatic rings. The highest BCUT2D eigenvalue weighted by Gasteiger charge is 2.32. The van der Waals surface area contributed by atoms with Crippen LogP contribution in [0.1, 0.15) is 20.8 Å². The molecule has 120 valence electrons. The average molecular weight is 346 g/mol. The molecule has 0 aromatic heterocycles. The summed E-state index contributed by atoms with van der Waals surface area (Å²) in [5, 5.41) is 0. The molecular formula is C17H18N2O2S2. The lowest BCUT2D eigenvalue weighted by atomic mass is 10.2. The van der Waals surface area contributed by atoms with Gasteiger partial charge >= 0.3 is 0 Å². The quantitative estimate of drug-likeness (QED) is 0.612. The zero-order chi connectivity index (χ0) is 16.6.